The van der Waals surface area contributed by atoms with E-state index in [2.05, 4.69) is 4.90 Å². The summed E-state index contributed by atoms with van der Waals surface area (Å²) in [6, 6.07) is 0.711. The van der Waals surface area contributed by atoms with E-state index in [-0.39, 0.29) is 6.54 Å². The minimum Gasteiger partial charge on any atom is -0.326 e. The van der Waals surface area contributed by atoms with Crippen LogP contribution in [0.3, 0.4) is 0 Å². The first kappa shape index (κ1) is 14.5. The molecule has 1 saturated heterocycles. The van der Waals surface area contributed by atoms with E-state index in [0.29, 0.717) is 24.0 Å². The summed E-state index contributed by atoms with van der Waals surface area (Å²) in [4.78, 5) is 3.63. The van der Waals surface area contributed by atoms with Gasteiger partial charge < -0.3 is 5.73 Å². The Hall–Kier alpha value is -0.470. The summed E-state index contributed by atoms with van der Waals surface area (Å²) in [5, 5.41) is 1.88. The van der Waals surface area contributed by atoms with Crippen LogP contribution in [-0.2, 0) is 16.6 Å². The Balaban J connectivity index is 1.79. The SMILES string of the molecule is Cc1csc(CN)c1S(=O)(=O)N1CCN(C2CC2)CC1. The van der Waals surface area contributed by atoms with Crippen LogP contribution in [0.1, 0.15) is 23.3 Å². The highest BCUT2D eigenvalue weighted by Crippen LogP contribution is 2.31. The van der Waals surface area contributed by atoms with Crippen LogP contribution >= 0.6 is 11.3 Å². The number of nitrogens with zero attached hydrogens (tertiary/aromatic N) is 2. The Morgan fingerprint density at radius 2 is 1.95 bits per heavy atom. The van der Waals surface area contributed by atoms with E-state index in [1.54, 1.807) is 4.31 Å². The second-order valence-corrected chi connectivity index (χ2v) is 8.39. The van der Waals surface area contributed by atoms with Crippen LogP contribution in [0.4, 0.5) is 0 Å². The van der Waals surface area contributed by atoms with Gasteiger partial charge in [0.15, 0.2) is 0 Å². The Morgan fingerprint density at radius 1 is 1.30 bits per heavy atom. The maximum atomic E-state index is 12.8. The van der Waals surface area contributed by atoms with Crippen molar-refractivity contribution in [2.75, 3.05) is 26.2 Å². The predicted octanol–water partition coefficient (Wildman–Crippen LogP) is 0.984. The molecule has 3 rings (SSSR count). The van der Waals surface area contributed by atoms with E-state index >= 15 is 0 Å². The van der Waals surface area contributed by atoms with Crippen molar-refractivity contribution in [3.8, 4) is 0 Å². The van der Waals surface area contributed by atoms with Crippen molar-refractivity contribution in [1.29, 1.82) is 0 Å². The molecule has 1 aliphatic carbocycles. The molecular weight excluding hydrogens is 294 g/mol. The minimum atomic E-state index is -3.38. The fourth-order valence-corrected chi connectivity index (χ4v) is 5.93. The molecule has 1 aromatic heterocycles. The van der Waals surface area contributed by atoms with Crippen LogP contribution < -0.4 is 5.73 Å². The minimum absolute atomic E-state index is 0.287. The molecule has 1 saturated carbocycles. The molecule has 20 heavy (non-hydrogen) atoms. The summed E-state index contributed by atoms with van der Waals surface area (Å²) in [5.74, 6) is 0. The maximum Gasteiger partial charge on any atom is 0.244 e. The van der Waals surface area contributed by atoms with E-state index in [9.17, 15) is 8.42 Å². The molecule has 0 bridgehead atoms. The van der Waals surface area contributed by atoms with Gasteiger partial charge in [-0.05, 0) is 30.7 Å². The number of sulfonamides is 1. The van der Waals surface area contributed by atoms with Gasteiger partial charge >= 0.3 is 0 Å². The molecule has 0 unspecified atom stereocenters. The highest BCUT2D eigenvalue weighted by atomic mass is 32.2. The number of hydrogen-bond donors (Lipinski definition) is 1. The highest BCUT2D eigenvalue weighted by molar-refractivity contribution is 7.89. The Kier molecular flexibility index (Phi) is 3.89. The van der Waals surface area contributed by atoms with Crippen molar-refractivity contribution < 1.29 is 8.42 Å². The van der Waals surface area contributed by atoms with Crippen LogP contribution in [0, 0.1) is 6.92 Å². The molecule has 1 aromatic rings. The third-order valence-corrected chi connectivity index (χ3v) is 7.49. The highest BCUT2D eigenvalue weighted by Gasteiger charge is 2.36. The lowest BCUT2D eigenvalue weighted by Crippen LogP contribution is -2.49. The van der Waals surface area contributed by atoms with Crippen LogP contribution in [0.5, 0.6) is 0 Å². The zero-order valence-electron chi connectivity index (χ0n) is 11.7. The van der Waals surface area contributed by atoms with Gasteiger partial charge in [-0.25, -0.2) is 8.42 Å². The van der Waals surface area contributed by atoms with Gasteiger partial charge in [0.25, 0.3) is 0 Å². The summed E-state index contributed by atoms with van der Waals surface area (Å²) >= 11 is 1.44. The van der Waals surface area contributed by atoms with Crippen molar-refractivity contribution >= 4 is 21.4 Å². The molecule has 7 heteroatoms. The van der Waals surface area contributed by atoms with E-state index in [1.807, 2.05) is 12.3 Å². The van der Waals surface area contributed by atoms with Gasteiger partial charge in [0.05, 0.1) is 0 Å². The van der Waals surface area contributed by atoms with Crippen molar-refractivity contribution in [1.82, 2.24) is 9.21 Å². The third kappa shape index (κ3) is 2.53. The van der Waals surface area contributed by atoms with E-state index in [1.165, 1.54) is 24.2 Å². The topological polar surface area (TPSA) is 66.6 Å². The van der Waals surface area contributed by atoms with E-state index in [0.717, 1.165) is 23.5 Å². The van der Waals surface area contributed by atoms with Gasteiger partial charge in [-0.2, -0.15) is 4.31 Å². The summed E-state index contributed by atoms with van der Waals surface area (Å²) in [6.45, 7) is 5.03. The number of hydrogen-bond acceptors (Lipinski definition) is 5. The van der Waals surface area contributed by atoms with Gasteiger partial charge in [0.2, 0.25) is 10.0 Å². The molecule has 0 aromatic carbocycles. The van der Waals surface area contributed by atoms with Crippen LogP contribution in [0.15, 0.2) is 10.3 Å². The van der Waals surface area contributed by atoms with E-state index < -0.39 is 10.0 Å². The Labute approximate surface area is 124 Å². The maximum absolute atomic E-state index is 12.8. The summed E-state index contributed by atoms with van der Waals surface area (Å²) in [5.41, 5.74) is 6.50. The van der Waals surface area contributed by atoms with Crippen molar-refractivity contribution in [3.05, 3.63) is 15.8 Å². The molecule has 0 atom stereocenters. The number of aryl methyl sites for hydroxylation is 1. The quantitative estimate of drug-likeness (QED) is 0.899. The molecule has 112 valence electrons. The average Bonchev–Trinajstić information content (AvgIpc) is 3.21. The molecule has 0 spiro atoms. The summed E-state index contributed by atoms with van der Waals surface area (Å²) in [7, 11) is -3.38. The lowest BCUT2D eigenvalue weighted by Gasteiger charge is -2.34. The molecule has 2 fully saturated rings. The first-order valence-corrected chi connectivity index (χ1v) is 9.37. The number of nitrogens with two attached hydrogens (primary N) is 1. The molecule has 2 heterocycles. The third-order valence-electron chi connectivity index (χ3n) is 4.11. The lowest BCUT2D eigenvalue weighted by molar-refractivity contribution is 0.180. The fourth-order valence-electron chi connectivity index (χ4n) is 2.85. The largest absolute Gasteiger partial charge is 0.326 e. The second kappa shape index (κ2) is 5.38. The van der Waals surface area contributed by atoms with Gasteiger partial charge in [0, 0.05) is 43.6 Å². The van der Waals surface area contributed by atoms with E-state index in [4.69, 9.17) is 5.73 Å². The molecule has 1 aliphatic heterocycles. The van der Waals surface area contributed by atoms with Crippen LogP contribution in [-0.4, -0.2) is 49.8 Å². The Morgan fingerprint density at radius 3 is 2.50 bits per heavy atom. The monoisotopic (exact) mass is 315 g/mol. The average molecular weight is 315 g/mol. The van der Waals surface area contributed by atoms with Crippen molar-refractivity contribution in [3.63, 3.8) is 0 Å². The number of thiophene rings is 1. The standard InChI is InChI=1S/C13H21N3O2S2/c1-10-9-19-12(8-14)13(10)20(17,18)16-6-4-15(5-7-16)11-2-3-11/h9,11H,2-8,14H2,1H3. The normalized spacial score (nSPS) is 22.3. The fraction of sp³-hybridized carbons (Fsp3) is 0.692. The number of rotatable bonds is 4. The summed E-state index contributed by atoms with van der Waals surface area (Å²) < 4.78 is 27.2. The smallest absolute Gasteiger partial charge is 0.244 e. The predicted molar refractivity (Wildman–Crippen MR) is 80.3 cm³/mol. The molecule has 2 aliphatic rings. The first-order chi connectivity index (χ1) is 9.54. The van der Waals surface area contributed by atoms with Crippen molar-refractivity contribution in [2.24, 2.45) is 5.73 Å². The lowest BCUT2D eigenvalue weighted by atomic mass is 10.3. The van der Waals surface area contributed by atoms with Gasteiger partial charge in [-0.15, -0.1) is 11.3 Å². The molecule has 0 amide bonds. The first-order valence-electron chi connectivity index (χ1n) is 7.05. The van der Waals surface area contributed by atoms with Gasteiger partial charge in [-0.1, -0.05) is 0 Å². The Bertz CT molecular complexity index is 585. The molecular formula is C13H21N3O2S2. The molecule has 0 radical (unpaired) electrons. The number of piperazine rings is 1. The molecule has 5 nitrogen and oxygen atoms in total. The zero-order chi connectivity index (χ0) is 14.3. The van der Waals surface area contributed by atoms with Gasteiger partial charge in [-0.3, -0.25) is 4.90 Å². The van der Waals surface area contributed by atoms with Crippen molar-refractivity contribution in [2.45, 2.75) is 37.2 Å². The van der Waals surface area contributed by atoms with Crippen LogP contribution in [0.2, 0.25) is 0 Å². The van der Waals surface area contributed by atoms with Crippen LogP contribution in [0.25, 0.3) is 0 Å². The molecule has 2 N–H and O–H groups in total. The summed E-state index contributed by atoms with van der Waals surface area (Å²) in [6.07, 6.45) is 2.54. The van der Waals surface area contributed by atoms with Gasteiger partial charge in [0.1, 0.15) is 4.90 Å². The second-order valence-electron chi connectivity index (χ2n) is 5.55. The zero-order valence-corrected chi connectivity index (χ0v) is 13.3.